The van der Waals surface area contributed by atoms with Crippen molar-refractivity contribution in [3.63, 3.8) is 0 Å². The molecule has 0 radical (unpaired) electrons. The van der Waals surface area contributed by atoms with Crippen LogP contribution in [0.1, 0.15) is 37.7 Å². The number of piperidine rings is 2. The van der Waals surface area contributed by atoms with E-state index in [4.69, 9.17) is 0 Å². The standard InChI is InChI=1S/C20H27N5O3/c1-13-11-15(23-9-7-14(21-2)8-10-23)19-16(12-13)24(20(28)22(19)3)25-17(26)5-4-6-18(25)27/h11-12,14,21H,4-10H2,1-3H3. The third-order valence-corrected chi connectivity index (χ3v) is 5.94. The highest BCUT2D eigenvalue weighted by atomic mass is 16.2. The van der Waals surface area contributed by atoms with E-state index >= 15 is 0 Å². The van der Waals surface area contributed by atoms with Crippen LogP contribution in [0.5, 0.6) is 0 Å². The number of nitrogens with zero attached hydrogens (tertiary/aromatic N) is 4. The average molecular weight is 385 g/mol. The van der Waals surface area contributed by atoms with Crippen molar-refractivity contribution >= 4 is 28.5 Å². The number of carbonyl (C=O) groups excluding carboxylic acids is 2. The van der Waals surface area contributed by atoms with Crippen molar-refractivity contribution < 1.29 is 9.59 Å². The van der Waals surface area contributed by atoms with Crippen molar-refractivity contribution in [2.24, 2.45) is 7.05 Å². The van der Waals surface area contributed by atoms with Crippen molar-refractivity contribution in [2.45, 2.75) is 45.1 Å². The number of rotatable bonds is 3. The third kappa shape index (κ3) is 2.92. The molecular formula is C20H27N5O3. The maximum Gasteiger partial charge on any atom is 0.348 e. The van der Waals surface area contributed by atoms with E-state index in [9.17, 15) is 14.4 Å². The first-order chi connectivity index (χ1) is 13.4. The van der Waals surface area contributed by atoms with E-state index in [0.717, 1.165) is 47.7 Å². The molecule has 28 heavy (non-hydrogen) atoms. The second kappa shape index (κ2) is 7.09. The van der Waals surface area contributed by atoms with Gasteiger partial charge < -0.3 is 10.2 Å². The van der Waals surface area contributed by atoms with Crippen LogP contribution in [0.2, 0.25) is 0 Å². The largest absolute Gasteiger partial charge is 0.370 e. The van der Waals surface area contributed by atoms with E-state index < -0.39 is 0 Å². The number of anilines is 1. The van der Waals surface area contributed by atoms with Crippen LogP contribution in [0.15, 0.2) is 16.9 Å². The molecule has 2 aliphatic heterocycles. The maximum absolute atomic E-state index is 13.1. The van der Waals surface area contributed by atoms with Crippen LogP contribution in [0.25, 0.3) is 11.0 Å². The Labute approximate surface area is 163 Å². The minimum atomic E-state index is -0.365. The lowest BCUT2D eigenvalue weighted by molar-refractivity contribution is -0.131. The highest BCUT2D eigenvalue weighted by Gasteiger charge is 2.32. The molecule has 0 unspecified atom stereocenters. The van der Waals surface area contributed by atoms with Crippen LogP contribution >= 0.6 is 0 Å². The predicted octanol–water partition coefficient (Wildman–Crippen LogP) is 1.01. The van der Waals surface area contributed by atoms with Gasteiger partial charge >= 0.3 is 5.69 Å². The van der Waals surface area contributed by atoms with Crippen LogP contribution in [-0.4, -0.2) is 47.2 Å². The van der Waals surface area contributed by atoms with E-state index in [1.165, 1.54) is 4.68 Å². The summed E-state index contributed by atoms with van der Waals surface area (Å²) >= 11 is 0. The zero-order valence-corrected chi connectivity index (χ0v) is 16.7. The van der Waals surface area contributed by atoms with E-state index in [2.05, 4.69) is 16.3 Å². The van der Waals surface area contributed by atoms with Crippen LogP contribution in [-0.2, 0) is 16.6 Å². The minimum Gasteiger partial charge on any atom is -0.370 e. The number of aromatic nitrogens is 2. The lowest BCUT2D eigenvalue weighted by Crippen LogP contribution is -2.52. The Hall–Kier alpha value is -2.61. The number of imide groups is 1. The van der Waals surface area contributed by atoms with Gasteiger partial charge in [0, 0.05) is 39.0 Å². The first-order valence-electron chi connectivity index (χ1n) is 9.92. The Morgan fingerprint density at radius 1 is 1.04 bits per heavy atom. The van der Waals surface area contributed by atoms with E-state index in [0.29, 0.717) is 18.0 Å². The molecule has 2 fully saturated rings. The SMILES string of the molecule is CNC1CCN(c2cc(C)cc3c2n(C)c(=O)n3N2C(=O)CCCC2=O)CC1. The smallest absolute Gasteiger partial charge is 0.348 e. The topological polar surface area (TPSA) is 79.6 Å². The molecular weight excluding hydrogens is 358 g/mol. The number of amides is 2. The lowest BCUT2D eigenvalue weighted by atomic mass is 10.0. The molecule has 0 saturated carbocycles. The summed E-state index contributed by atoms with van der Waals surface area (Å²) in [5, 5.41) is 4.38. The number of benzene rings is 1. The summed E-state index contributed by atoms with van der Waals surface area (Å²) in [6.45, 7) is 3.76. The first-order valence-corrected chi connectivity index (χ1v) is 9.92. The lowest BCUT2D eigenvalue weighted by Gasteiger charge is -2.34. The molecule has 0 spiro atoms. The third-order valence-electron chi connectivity index (χ3n) is 5.94. The number of hydrogen-bond acceptors (Lipinski definition) is 5. The molecule has 4 rings (SSSR count). The molecule has 2 aromatic rings. The van der Waals surface area contributed by atoms with Crippen LogP contribution in [0.3, 0.4) is 0 Å². The maximum atomic E-state index is 13.1. The van der Waals surface area contributed by atoms with Gasteiger partial charge in [0.1, 0.15) is 0 Å². The van der Waals surface area contributed by atoms with E-state index in [1.807, 2.05) is 20.0 Å². The Kier molecular flexibility index (Phi) is 4.74. The normalized spacial score (nSPS) is 19.1. The summed E-state index contributed by atoms with van der Waals surface area (Å²) < 4.78 is 2.83. The number of carbonyl (C=O) groups is 2. The summed E-state index contributed by atoms with van der Waals surface area (Å²) in [7, 11) is 3.70. The Balaban J connectivity index is 1.87. The summed E-state index contributed by atoms with van der Waals surface area (Å²) in [6, 6.07) is 4.48. The zero-order valence-electron chi connectivity index (χ0n) is 16.7. The molecule has 3 heterocycles. The van der Waals surface area contributed by atoms with E-state index in [1.54, 1.807) is 11.6 Å². The molecule has 0 aliphatic carbocycles. The van der Waals surface area contributed by atoms with E-state index in [-0.39, 0.29) is 30.3 Å². The molecule has 8 heteroatoms. The van der Waals surface area contributed by atoms with Gasteiger partial charge in [0.25, 0.3) is 0 Å². The quantitative estimate of drug-likeness (QED) is 0.798. The first kappa shape index (κ1) is 18.7. The molecule has 2 aliphatic rings. The van der Waals surface area contributed by atoms with Crippen molar-refractivity contribution in [2.75, 3.05) is 30.0 Å². The van der Waals surface area contributed by atoms with Crippen molar-refractivity contribution in [3.05, 3.63) is 28.2 Å². The second-order valence-corrected chi connectivity index (χ2v) is 7.81. The molecule has 1 N–H and O–H groups in total. The molecule has 2 amide bonds. The van der Waals surface area contributed by atoms with Gasteiger partial charge in [0.05, 0.1) is 16.7 Å². The molecule has 0 atom stereocenters. The van der Waals surface area contributed by atoms with Crippen LogP contribution in [0, 0.1) is 6.92 Å². The molecule has 1 aromatic carbocycles. The van der Waals surface area contributed by atoms with Gasteiger partial charge in [-0.2, -0.15) is 9.69 Å². The fourth-order valence-corrected chi connectivity index (χ4v) is 4.39. The Morgan fingerprint density at radius 2 is 1.68 bits per heavy atom. The fraction of sp³-hybridized carbons (Fsp3) is 0.550. The van der Waals surface area contributed by atoms with Gasteiger partial charge in [-0.25, -0.2) is 4.79 Å². The fourth-order valence-electron chi connectivity index (χ4n) is 4.39. The average Bonchev–Trinajstić information content (AvgIpc) is 2.92. The second-order valence-electron chi connectivity index (χ2n) is 7.81. The monoisotopic (exact) mass is 385 g/mol. The van der Waals surface area contributed by atoms with Gasteiger partial charge in [-0.3, -0.25) is 14.2 Å². The number of imidazole rings is 1. The molecule has 150 valence electrons. The van der Waals surface area contributed by atoms with Crippen molar-refractivity contribution in [1.82, 2.24) is 14.6 Å². The van der Waals surface area contributed by atoms with Crippen LogP contribution in [0.4, 0.5) is 5.69 Å². The van der Waals surface area contributed by atoms with Gasteiger partial charge in [-0.1, -0.05) is 0 Å². The predicted molar refractivity (Wildman–Crippen MR) is 108 cm³/mol. The number of fused-ring (bicyclic) bond motifs is 1. The number of aryl methyl sites for hydroxylation is 2. The molecule has 2 saturated heterocycles. The summed E-state index contributed by atoms with van der Waals surface area (Å²) in [6.07, 6.45) is 3.17. The Bertz CT molecular complexity index is 981. The molecule has 1 aromatic heterocycles. The highest BCUT2D eigenvalue weighted by Crippen LogP contribution is 2.30. The van der Waals surface area contributed by atoms with Crippen molar-refractivity contribution in [1.29, 1.82) is 0 Å². The summed E-state index contributed by atoms with van der Waals surface area (Å²) in [4.78, 5) is 40.3. The molecule has 8 nitrogen and oxygen atoms in total. The zero-order chi connectivity index (χ0) is 20.0. The van der Waals surface area contributed by atoms with Gasteiger partial charge in [0.2, 0.25) is 11.8 Å². The van der Waals surface area contributed by atoms with Gasteiger partial charge in [-0.15, -0.1) is 0 Å². The number of hydrogen-bond donors (Lipinski definition) is 1. The summed E-state index contributed by atoms with van der Waals surface area (Å²) in [5.74, 6) is -0.632. The van der Waals surface area contributed by atoms with Crippen LogP contribution < -0.4 is 20.9 Å². The molecule has 0 bridgehead atoms. The summed E-state index contributed by atoms with van der Waals surface area (Å²) in [5.41, 5.74) is 3.00. The number of nitrogens with one attached hydrogen (secondary N) is 1. The van der Waals surface area contributed by atoms with Crippen molar-refractivity contribution in [3.8, 4) is 0 Å². The minimum absolute atomic E-state index is 0.283. The van der Waals surface area contributed by atoms with Gasteiger partial charge in [-0.05, 0) is 50.9 Å². The Morgan fingerprint density at radius 3 is 2.29 bits per heavy atom. The van der Waals surface area contributed by atoms with Gasteiger partial charge in [0.15, 0.2) is 0 Å². The highest BCUT2D eigenvalue weighted by molar-refractivity contribution is 6.11.